The Morgan fingerprint density at radius 3 is 2.24 bits per heavy atom. The molecular weight excluding hydrogens is 590 g/mol. The highest BCUT2D eigenvalue weighted by atomic mass is 79.9. The van der Waals surface area contributed by atoms with Crippen LogP contribution in [0.3, 0.4) is 0 Å². The summed E-state index contributed by atoms with van der Waals surface area (Å²) in [6.45, 7) is 5.08. The molecule has 0 radical (unpaired) electrons. The second kappa shape index (κ2) is 13.3. The van der Waals surface area contributed by atoms with Crippen LogP contribution in [0, 0.1) is 0 Å². The third-order valence-corrected chi connectivity index (χ3v) is 8.67. The summed E-state index contributed by atoms with van der Waals surface area (Å²) in [7, 11) is -4.10. The van der Waals surface area contributed by atoms with Crippen molar-refractivity contribution in [2.45, 2.75) is 50.7 Å². The van der Waals surface area contributed by atoms with Crippen LogP contribution in [0.2, 0.25) is 5.02 Å². The van der Waals surface area contributed by atoms with Gasteiger partial charge in [-0.15, -0.1) is 0 Å². The molecule has 0 aliphatic rings. The van der Waals surface area contributed by atoms with Crippen LogP contribution in [0.25, 0.3) is 0 Å². The minimum absolute atomic E-state index is 0.0552. The SMILES string of the molecule is CC[C@@H](C)NC(=O)[C@@H](C)N(Cc1ccc(Cl)cc1)C(=O)CN(c1cccc(Br)c1)S(=O)(=O)c1ccccc1. The van der Waals surface area contributed by atoms with Gasteiger partial charge in [0.05, 0.1) is 10.6 Å². The molecule has 0 aliphatic carbocycles. The van der Waals surface area contributed by atoms with Gasteiger partial charge in [-0.3, -0.25) is 13.9 Å². The van der Waals surface area contributed by atoms with E-state index in [-0.39, 0.29) is 23.4 Å². The lowest BCUT2D eigenvalue weighted by atomic mass is 10.1. The summed E-state index contributed by atoms with van der Waals surface area (Å²) >= 11 is 9.42. The van der Waals surface area contributed by atoms with Gasteiger partial charge in [-0.25, -0.2) is 8.42 Å². The molecule has 7 nitrogen and oxygen atoms in total. The lowest BCUT2D eigenvalue weighted by molar-refractivity contribution is -0.139. The summed E-state index contributed by atoms with van der Waals surface area (Å²) in [6.07, 6.45) is 0.732. The minimum atomic E-state index is -4.10. The van der Waals surface area contributed by atoms with Crippen LogP contribution in [0.15, 0.2) is 88.2 Å². The van der Waals surface area contributed by atoms with E-state index >= 15 is 0 Å². The second-order valence-electron chi connectivity index (χ2n) is 8.95. The molecule has 0 unspecified atom stereocenters. The number of sulfonamides is 1. The number of hydrogen-bond acceptors (Lipinski definition) is 4. The maximum Gasteiger partial charge on any atom is 0.264 e. The van der Waals surface area contributed by atoms with Crippen LogP contribution in [-0.2, 0) is 26.2 Å². The van der Waals surface area contributed by atoms with Crippen molar-refractivity contribution in [3.8, 4) is 0 Å². The maximum absolute atomic E-state index is 13.9. The Hall–Kier alpha value is -2.88. The molecule has 0 fully saturated rings. The number of halogens is 2. The number of carbonyl (C=O) groups excluding carboxylic acids is 2. The molecule has 0 aromatic heterocycles. The lowest BCUT2D eigenvalue weighted by Crippen LogP contribution is -2.52. The normalized spacial score (nSPS) is 12.9. The molecule has 1 N–H and O–H groups in total. The summed E-state index contributed by atoms with van der Waals surface area (Å²) in [5.41, 5.74) is 1.07. The van der Waals surface area contributed by atoms with Crippen molar-refractivity contribution in [1.29, 1.82) is 0 Å². The van der Waals surface area contributed by atoms with Crippen LogP contribution < -0.4 is 9.62 Å². The monoisotopic (exact) mass is 619 g/mol. The van der Waals surface area contributed by atoms with Gasteiger partial charge < -0.3 is 10.2 Å². The number of carbonyl (C=O) groups is 2. The Bertz CT molecular complexity index is 1350. The molecule has 0 saturated carbocycles. The largest absolute Gasteiger partial charge is 0.352 e. The number of benzene rings is 3. The molecule has 2 amide bonds. The van der Waals surface area contributed by atoms with Crippen molar-refractivity contribution in [1.82, 2.24) is 10.2 Å². The molecule has 3 aromatic carbocycles. The molecule has 0 spiro atoms. The Morgan fingerprint density at radius 1 is 0.974 bits per heavy atom. The zero-order valence-electron chi connectivity index (χ0n) is 21.5. The van der Waals surface area contributed by atoms with Crippen LogP contribution in [0.4, 0.5) is 5.69 Å². The van der Waals surface area contributed by atoms with E-state index in [4.69, 9.17) is 11.6 Å². The predicted octanol–water partition coefficient (Wildman–Crippen LogP) is 5.63. The first kappa shape index (κ1) is 29.7. The Balaban J connectivity index is 2.01. The van der Waals surface area contributed by atoms with Gasteiger partial charge in [0.2, 0.25) is 11.8 Å². The fraction of sp³-hybridized carbons (Fsp3) is 0.286. The molecular formula is C28H31BrClN3O4S. The molecule has 0 aliphatic heterocycles. The van der Waals surface area contributed by atoms with E-state index in [1.54, 1.807) is 73.7 Å². The first-order chi connectivity index (χ1) is 18.0. The topological polar surface area (TPSA) is 86.8 Å². The molecule has 2 atom stereocenters. The van der Waals surface area contributed by atoms with E-state index < -0.39 is 28.5 Å². The smallest absolute Gasteiger partial charge is 0.264 e. The molecule has 3 aromatic rings. The van der Waals surface area contributed by atoms with Crippen molar-refractivity contribution >= 4 is 55.1 Å². The van der Waals surface area contributed by atoms with Crippen molar-refractivity contribution in [2.24, 2.45) is 0 Å². The first-order valence-corrected chi connectivity index (χ1v) is 14.8. The molecule has 0 bridgehead atoms. The average Bonchev–Trinajstić information content (AvgIpc) is 2.91. The fourth-order valence-corrected chi connectivity index (χ4v) is 5.65. The molecule has 3 rings (SSSR count). The summed E-state index contributed by atoms with van der Waals surface area (Å²) in [6, 6.07) is 20.7. The molecule has 38 heavy (non-hydrogen) atoms. The van der Waals surface area contributed by atoms with Gasteiger partial charge in [-0.2, -0.15) is 0 Å². The highest BCUT2D eigenvalue weighted by Crippen LogP contribution is 2.27. The Labute approximate surface area is 238 Å². The van der Waals surface area contributed by atoms with Gasteiger partial charge in [0.1, 0.15) is 12.6 Å². The van der Waals surface area contributed by atoms with Crippen LogP contribution >= 0.6 is 27.5 Å². The zero-order valence-corrected chi connectivity index (χ0v) is 24.6. The van der Waals surface area contributed by atoms with E-state index in [0.717, 1.165) is 16.3 Å². The highest BCUT2D eigenvalue weighted by molar-refractivity contribution is 9.10. The molecule has 0 saturated heterocycles. The van der Waals surface area contributed by atoms with Crippen LogP contribution in [0.1, 0.15) is 32.8 Å². The predicted molar refractivity (Wildman–Crippen MR) is 154 cm³/mol. The van der Waals surface area contributed by atoms with Gasteiger partial charge in [0.15, 0.2) is 0 Å². The Kier molecular flexibility index (Phi) is 10.4. The third kappa shape index (κ3) is 7.58. The van der Waals surface area contributed by atoms with Crippen molar-refractivity contribution in [3.05, 3.63) is 93.9 Å². The Morgan fingerprint density at radius 2 is 1.63 bits per heavy atom. The number of hydrogen-bond donors (Lipinski definition) is 1. The minimum Gasteiger partial charge on any atom is -0.352 e. The summed E-state index contributed by atoms with van der Waals surface area (Å²) in [5, 5.41) is 3.46. The van der Waals surface area contributed by atoms with Gasteiger partial charge in [-0.1, -0.05) is 70.9 Å². The summed E-state index contributed by atoms with van der Waals surface area (Å²) < 4.78 is 29.2. The highest BCUT2D eigenvalue weighted by Gasteiger charge is 2.32. The van der Waals surface area contributed by atoms with E-state index in [9.17, 15) is 18.0 Å². The van der Waals surface area contributed by atoms with Crippen molar-refractivity contribution in [3.63, 3.8) is 0 Å². The third-order valence-electron chi connectivity index (χ3n) is 6.14. The number of amides is 2. The van der Waals surface area contributed by atoms with Gasteiger partial charge in [0, 0.05) is 22.1 Å². The van der Waals surface area contributed by atoms with Crippen molar-refractivity contribution < 1.29 is 18.0 Å². The van der Waals surface area contributed by atoms with Gasteiger partial charge in [0.25, 0.3) is 10.0 Å². The standard InChI is InChI=1S/C28H31BrClN3O4S/c1-4-20(2)31-28(35)21(3)32(18-22-13-15-24(30)16-14-22)27(34)19-33(25-10-8-9-23(29)17-25)38(36,37)26-11-6-5-7-12-26/h5-17,20-21H,4,18-19H2,1-3H3,(H,31,35)/t20-,21-/m1/s1. The molecule has 10 heteroatoms. The molecule has 202 valence electrons. The number of nitrogens with zero attached hydrogens (tertiary/aromatic N) is 2. The van der Waals surface area contributed by atoms with Crippen LogP contribution in [0.5, 0.6) is 0 Å². The number of nitrogens with one attached hydrogen (secondary N) is 1. The van der Waals surface area contributed by atoms with Gasteiger partial charge >= 0.3 is 0 Å². The van der Waals surface area contributed by atoms with E-state index in [1.807, 2.05) is 13.8 Å². The van der Waals surface area contributed by atoms with Gasteiger partial charge in [-0.05, 0) is 68.3 Å². The lowest BCUT2D eigenvalue weighted by Gasteiger charge is -2.32. The summed E-state index contributed by atoms with van der Waals surface area (Å²) in [4.78, 5) is 28.4. The zero-order chi connectivity index (χ0) is 27.9. The molecule has 0 heterocycles. The average molecular weight is 621 g/mol. The van der Waals surface area contributed by atoms with E-state index in [0.29, 0.717) is 15.2 Å². The summed E-state index contributed by atoms with van der Waals surface area (Å²) in [5.74, 6) is -0.840. The van der Waals surface area contributed by atoms with Crippen LogP contribution in [-0.4, -0.2) is 43.8 Å². The van der Waals surface area contributed by atoms with E-state index in [2.05, 4.69) is 21.2 Å². The second-order valence-corrected chi connectivity index (χ2v) is 12.2. The van der Waals surface area contributed by atoms with Crippen molar-refractivity contribution in [2.75, 3.05) is 10.8 Å². The fourth-order valence-electron chi connectivity index (χ4n) is 3.71. The maximum atomic E-state index is 13.9. The quantitative estimate of drug-likeness (QED) is 0.301. The van der Waals surface area contributed by atoms with E-state index in [1.165, 1.54) is 17.0 Å². The number of rotatable bonds is 11. The first-order valence-electron chi connectivity index (χ1n) is 12.2. The number of anilines is 1.